The Morgan fingerprint density at radius 2 is 1.88 bits per heavy atom. The maximum Gasteiger partial charge on any atom is 0.221 e. The monoisotopic (exact) mass is 366 g/mol. The molecule has 3 rings (SSSR count). The zero-order valence-electron chi connectivity index (χ0n) is 15.0. The van der Waals surface area contributed by atoms with E-state index in [1.807, 2.05) is 35.7 Å². The van der Waals surface area contributed by atoms with Gasteiger partial charge in [-0.3, -0.25) is 4.79 Å². The van der Waals surface area contributed by atoms with Gasteiger partial charge in [0.05, 0.1) is 6.42 Å². The SMILES string of the molecule is CCc1nc(-c2ccsc2)nc(Nc2ccc(CC(N)=O)cc2)c1CC. The van der Waals surface area contributed by atoms with Crippen molar-refractivity contribution in [3.05, 3.63) is 57.9 Å². The molecule has 3 aromatic rings. The molecule has 1 aromatic carbocycles. The topological polar surface area (TPSA) is 80.9 Å². The zero-order valence-corrected chi connectivity index (χ0v) is 15.8. The third kappa shape index (κ3) is 4.08. The summed E-state index contributed by atoms with van der Waals surface area (Å²) in [5.74, 6) is 1.25. The number of carbonyl (C=O) groups is 1. The summed E-state index contributed by atoms with van der Waals surface area (Å²) in [6.45, 7) is 4.23. The van der Waals surface area contributed by atoms with E-state index in [-0.39, 0.29) is 12.3 Å². The lowest BCUT2D eigenvalue weighted by Crippen LogP contribution is -2.13. The molecule has 0 saturated carbocycles. The molecular weight excluding hydrogens is 344 g/mol. The Labute approximate surface area is 157 Å². The van der Waals surface area contributed by atoms with Gasteiger partial charge in [0.1, 0.15) is 5.82 Å². The Morgan fingerprint density at radius 3 is 2.46 bits per heavy atom. The summed E-state index contributed by atoms with van der Waals surface area (Å²) >= 11 is 1.64. The highest BCUT2D eigenvalue weighted by molar-refractivity contribution is 7.08. The van der Waals surface area contributed by atoms with E-state index in [9.17, 15) is 4.79 Å². The van der Waals surface area contributed by atoms with Crippen LogP contribution in [0.1, 0.15) is 30.7 Å². The number of primary amides is 1. The Hall–Kier alpha value is -2.73. The number of nitrogens with two attached hydrogens (primary N) is 1. The van der Waals surface area contributed by atoms with Crippen LogP contribution in [0, 0.1) is 0 Å². The van der Waals surface area contributed by atoms with E-state index in [0.717, 1.165) is 52.6 Å². The lowest BCUT2D eigenvalue weighted by molar-refractivity contribution is -0.117. The maximum absolute atomic E-state index is 11.0. The normalized spacial score (nSPS) is 10.7. The summed E-state index contributed by atoms with van der Waals surface area (Å²) in [7, 11) is 0. The molecule has 0 aliphatic carbocycles. The fourth-order valence-electron chi connectivity index (χ4n) is 2.86. The molecular formula is C20H22N4OS. The summed E-state index contributed by atoms with van der Waals surface area (Å²) in [4.78, 5) is 20.6. The molecule has 0 aliphatic rings. The molecule has 0 radical (unpaired) electrons. The van der Waals surface area contributed by atoms with E-state index in [1.165, 1.54) is 0 Å². The molecule has 6 heteroatoms. The first-order valence-corrected chi connectivity index (χ1v) is 9.61. The highest BCUT2D eigenvalue weighted by Gasteiger charge is 2.14. The van der Waals surface area contributed by atoms with E-state index in [1.54, 1.807) is 11.3 Å². The second kappa shape index (κ2) is 8.10. The van der Waals surface area contributed by atoms with Crippen molar-refractivity contribution in [2.24, 2.45) is 5.73 Å². The van der Waals surface area contributed by atoms with Gasteiger partial charge in [-0.05, 0) is 42.0 Å². The third-order valence-electron chi connectivity index (χ3n) is 4.16. The number of rotatable bonds is 7. The molecule has 2 aromatic heterocycles. The van der Waals surface area contributed by atoms with Crippen LogP contribution in [0.25, 0.3) is 11.4 Å². The summed E-state index contributed by atoms with van der Waals surface area (Å²) in [5, 5.41) is 7.51. The zero-order chi connectivity index (χ0) is 18.5. The fourth-order valence-corrected chi connectivity index (χ4v) is 3.50. The van der Waals surface area contributed by atoms with Crippen LogP contribution < -0.4 is 11.1 Å². The minimum atomic E-state index is -0.331. The third-order valence-corrected chi connectivity index (χ3v) is 4.84. The van der Waals surface area contributed by atoms with Crippen molar-refractivity contribution in [2.75, 3.05) is 5.32 Å². The summed E-state index contributed by atoms with van der Waals surface area (Å²) < 4.78 is 0. The smallest absolute Gasteiger partial charge is 0.221 e. The Balaban J connectivity index is 1.95. The largest absolute Gasteiger partial charge is 0.369 e. The minimum Gasteiger partial charge on any atom is -0.369 e. The number of anilines is 2. The first-order chi connectivity index (χ1) is 12.6. The Bertz CT molecular complexity index is 889. The molecule has 0 fully saturated rings. The van der Waals surface area contributed by atoms with Crippen molar-refractivity contribution < 1.29 is 4.79 Å². The highest BCUT2D eigenvalue weighted by Crippen LogP contribution is 2.27. The molecule has 2 heterocycles. The van der Waals surface area contributed by atoms with Crippen LogP contribution in [-0.2, 0) is 24.1 Å². The van der Waals surface area contributed by atoms with Gasteiger partial charge in [-0.25, -0.2) is 9.97 Å². The average Bonchev–Trinajstić information content (AvgIpc) is 3.17. The number of carbonyl (C=O) groups excluding carboxylic acids is 1. The van der Waals surface area contributed by atoms with Crippen LogP contribution in [0.5, 0.6) is 0 Å². The second-order valence-electron chi connectivity index (χ2n) is 6.01. The Morgan fingerprint density at radius 1 is 1.12 bits per heavy atom. The molecule has 0 unspecified atom stereocenters. The highest BCUT2D eigenvalue weighted by atomic mass is 32.1. The van der Waals surface area contributed by atoms with Gasteiger partial charge < -0.3 is 11.1 Å². The first kappa shape index (κ1) is 18.1. The summed E-state index contributed by atoms with van der Waals surface area (Å²) in [5.41, 5.74) is 10.3. The number of nitrogens with one attached hydrogen (secondary N) is 1. The van der Waals surface area contributed by atoms with E-state index in [2.05, 4.69) is 24.5 Å². The van der Waals surface area contributed by atoms with Crippen molar-refractivity contribution >= 4 is 28.7 Å². The number of nitrogens with zero attached hydrogens (tertiary/aromatic N) is 2. The number of aromatic nitrogens is 2. The standard InChI is InChI=1S/C20H22N4OS/c1-3-16-17(4-2)23-19(14-9-10-26-12-14)24-20(16)22-15-7-5-13(6-8-15)11-18(21)25/h5-10,12H,3-4,11H2,1-2H3,(H2,21,25)(H,22,23,24). The predicted octanol–water partition coefficient (Wildman–Crippen LogP) is 4.10. The predicted molar refractivity (Wildman–Crippen MR) is 107 cm³/mol. The molecule has 0 saturated heterocycles. The van der Waals surface area contributed by atoms with Crippen LogP contribution >= 0.6 is 11.3 Å². The van der Waals surface area contributed by atoms with Crippen LogP contribution in [-0.4, -0.2) is 15.9 Å². The van der Waals surface area contributed by atoms with Crippen molar-refractivity contribution in [1.82, 2.24) is 9.97 Å². The van der Waals surface area contributed by atoms with Crippen molar-refractivity contribution in [2.45, 2.75) is 33.1 Å². The van der Waals surface area contributed by atoms with Crippen LogP contribution in [0.15, 0.2) is 41.1 Å². The second-order valence-corrected chi connectivity index (χ2v) is 6.79. The van der Waals surface area contributed by atoms with Crippen molar-refractivity contribution in [3.8, 4) is 11.4 Å². The van der Waals surface area contributed by atoms with E-state index in [4.69, 9.17) is 15.7 Å². The molecule has 0 aliphatic heterocycles. The van der Waals surface area contributed by atoms with E-state index < -0.39 is 0 Å². The minimum absolute atomic E-state index is 0.246. The lowest BCUT2D eigenvalue weighted by atomic mass is 10.1. The van der Waals surface area contributed by atoms with Gasteiger partial charge in [-0.15, -0.1) is 0 Å². The van der Waals surface area contributed by atoms with Gasteiger partial charge in [-0.1, -0.05) is 26.0 Å². The van der Waals surface area contributed by atoms with Gasteiger partial charge in [0.25, 0.3) is 0 Å². The summed E-state index contributed by atoms with van der Waals surface area (Å²) in [6, 6.07) is 9.72. The number of benzene rings is 1. The molecule has 1 amide bonds. The number of hydrogen-bond donors (Lipinski definition) is 2. The lowest BCUT2D eigenvalue weighted by Gasteiger charge is -2.15. The quantitative estimate of drug-likeness (QED) is 0.659. The van der Waals surface area contributed by atoms with Crippen LogP contribution in [0.4, 0.5) is 11.5 Å². The fraction of sp³-hybridized carbons (Fsp3) is 0.250. The molecule has 5 nitrogen and oxygen atoms in total. The molecule has 26 heavy (non-hydrogen) atoms. The van der Waals surface area contributed by atoms with Crippen molar-refractivity contribution in [1.29, 1.82) is 0 Å². The van der Waals surface area contributed by atoms with Gasteiger partial charge >= 0.3 is 0 Å². The van der Waals surface area contributed by atoms with Gasteiger partial charge in [0, 0.05) is 27.9 Å². The van der Waals surface area contributed by atoms with Gasteiger partial charge in [0.2, 0.25) is 5.91 Å². The summed E-state index contributed by atoms with van der Waals surface area (Å²) in [6.07, 6.45) is 1.96. The van der Waals surface area contributed by atoms with E-state index >= 15 is 0 Å². The molecule has 134 valence electrons. The van der Waals surface area contributed by atoms with Gasteiger partial charge in [-0.2, -0.15) is 11.3 Å². The number of aryl methyl sites for hydroxylation is 1. The Kier molecular flexibility index (Phi) is 5.63. The van der Waals surface area contributed by atoms with Gasteiger partial charge in [0.15, 0.2) is 5.82 Å². The molecule has 0 spiro atoms. The van der Waals surface area contributed by atoms with Crippen molar-refractivity contribution in [3.63, 3.8) is 0 Å². The van der Waals surface area contributed by atoms with Crippen LogP contribution in [0.3, 0.4) is 0 Å². The van der Waals surface area contributed by atoms with E-state index in [0.29, 0.717) is 0 Å². The number of thiophene rings is 1. The number of amides is 1. The first-order valence-electron chi connectivity index (χ1n) is 8.67. The maximum atomic E-state index is 11.0. The molecule has 0 atom stereocenters. The molecule has 0 bridgehead atoms. The van der Waals surface area contributed by atoms with Crippen LogP contribution in [0.2, 0.25) is 0 Å². The number of hydrogen-bond acceptors (Lipinski definition) is 5. The molecule has 3 N–H and O–H groups in total. The average molecular weight is 366 g/mol.